The highest BCUT2D eigenvalue weighted by molar-refractivity contribution is 5.96. The molecule has 0 N–H and O–H groups in total. The van der Waals surface area contributed by atoms with Crippen molar-refractivity contribution in [2.24, 2.45) is 0 Å². The van der Waals surface area contributed by atoms with Crippen molar-refractivity contribution in [1.82, 2.24) is 0 Å². The van der Waals surface area contributed by atoms with E-state index in [0.29, 0.717) is 22.9 Å². The van der Waals surface area contributed by atoms with Crippen LogP contribution in [-0.4, -0.2) is 11.8 Å². The summed E-state index contributed by atoms with van der Waals surface area (Å²) in [6.07, 6.45) is 6.35. The molecule has 4 heteroatoms. The molecule has 1 heterocycles. The largest absolute Gasteiger partial charge is 0.419 e. The molecule has 0 amide bonds. The molecule has 0 bridgehead atoms. The van der Waals surface area contributed by atoms with Gasteiger partial charge in [0.05, 0.1) is 0 Å². The molecule has 3 aromatic carbocycles. The molecule has 1 aliphatic rings. The summed E-state index contributed by atoms with van der Waals surface area (Å²) >= 11 is 0. The third-order valence-corrected chi connectivity index (χ3v) is 6.71. The van der Waals surface area contributed by atoms with Crippen molar-refractivity contribution in [2.75, 3.05) is 0 Å². The van der Waals surface area contributed by atoms with Gasteiger partial charge in [0.1, 0.15) is 5.75 Å². The van der Waals surface area contributed by atoms with Crippen molar-refractivity contribution in [2.45, 2.75) is 44.6 Å². The third-order valence-electron chi connectivity index (χ3n) is 6.71. The Hall–Kier alpha value is -3.79. The summed E-state index contributed by atoms with van der Waals surface area (Å²) in [5.74, 6) is 0.577. The number of rotatable bonds is 6. The molecule has 1 aliphatic carbocycles. The van der Waals surface area contributed by atoms with E-state index in [-0.39, 0.29) is 12.3 Å². The zero-order chi connectivity index (χ0) is 23.3. The SMILES string of the molecule is O=C(C[n+]1c(C(=O)Oc2ccc(C3CCCCC3)cc2)ccc2ccccc21)c1ccccc1. The summed E-state index contributed by atoms with van der Waals surface area (Å²) in [6, 6.07) is 28.4. The predicted octanol–water partition coefficient (Wildman–Crippen LogP) is 6.28. The molecule has 0 spiro atoms. The number of carbonyl (C=O) groups is 2. The maximum atomic E-state index is 13.2. The van der Waals surface area contributed by atoms with Crippen molar-refractivity contribution in [3.63, 3.8) is 0 Å². The van der Waals surface area contributed by atoms with Gasteiger partial charge < -0.3 is 4.74 Å². The van der Waals surface area contributed by atoms with Crippen LogP contribution in [0.25, 0.3) is 10.9 Å². The Morgan fingerprint density at radius 3 is 2.24 bits per heavy atom. The molecule has 34 heavy (non-hydrogen) atoms. The van der Waals surface area contributed by atoms with Crippen molar-refractivity contribution in [1.29, 1.82) is 0 Å². The molecule has 0 aliphatic heterocycles. The molecular formula is C30H28NO3+. The van der Waals surface area contributed by atoms with Crippen LogP contribution in [0.15, 0.2) is 91.0 Å². The number of Topliss-reactive ketones (excluding diaryl/α,β-unsaturated/α-hetero) is 1. The monoisotopic (exact) mass is 450 g/mol. The summed E-state index contributed by atoms with van der Waals surface area (Å²) in [5, 5.41) is 0.955. The Bertz CT molecular complexity index is 1310. The summed E-state index contributed by atoms with van der Waals surface area (Å²) in [7, 11) is 0. The Morgan fingerprint density at radius 2 is 1.47 bits per heavy atom. The highest BCUT2D eigenvalue weighted by atomic mass is 16.5. The van der Waals surface area contributed by atoms with E-state index in [1.807, 2.05) is 60.7 Å². The highest BCUT2D eigenvalue weighted by Crippen LogP contribution is 2.33. The standard InChI is InChI=1S/C30H28NO3/c32-29(25-12-5-2-6-13-25)21-31-27-14-8-7-11-24(27)17-20-28(31)30(33)34-26-18-15-23(16-19-26)22-9-3-1-4-10-22/h2,5-8,11-20,22H,1,3-4,9-10,21H2/q+1. The second kappa shape index (κ2) is 10.0. The van der Waals surface area contributed by atoms with E-state index in [1.54, 1.807) is 22.8 Å². The molecular weight excluding hydrogens is 422 g/mol. The molecule has 170 valence electrons. The van der Waals surface area contributed by atoms with Crippen LogP contribution in [0.5, 0.6) is 5.75 Å². The van der Waals surface area contributed by atoms with E-state index in [1.165, 1.54) is 37.7 Å². The average Bonchev–Trinajstić information content (AvgIpc) is 2.90. The molecule has 1 saturated carbocycles. The van der Waals surface area contributed by atoms with E-state index in [0.717, 1.165) is 10.9 Å². The van der Waals surface area contributed by atoms with Gasteiger partial charge in [0.25, 0.3) is 5.69 Å². The van der Waals surface area contributed by atoms with Crippen LogP contribution in [0.2, 0.25) is 0 Å². The number of fused-ring (bicyclic) bond motifs is 1. The number of para-hydroxylation sites is 1. The molecule has 5 rings (SSSR count). The van der Waals surface area contributed by atoms with E-state index < -0.39 is 5.97 Å². The van der Waals surface area contributed by atoms with Gasteiger partial charge in [-0.1, -0.05) is 73.9 Å². The molecule has 1 fully saturated rings. The minimum absolute atomic E-state index is 0.0520. The fourth-order valence-corrected chi connectivity index (χ4v) is 4.87. The van der Waals surface area contributed by atoms with Gasteiger partial charge in [-0.3, -0.25) is 4.79 Å². The average molecular weight is 451 g/mol. The molecule has 4 nitrogen and oxygen atoms in total. The molecule has 0 unspecified atom stereocenters. The number of hydrogen-bond donors (Lipinski definition) is 0. The number of ether oxygens (including phenoxy) is 1. The molecule has 0 saturated heterocycles. The maximum absolute atomic E-state index is 13.2. The Labute approximate surface area is 199 Å². The summed E-state index contributed by atoms with van der Waals surface area (Å²) in [5.41, 5.74) is 3.09. The number of benzene rings is 3. The fraction of sp³-hybridized carbons (Fsp3) is 0.233. The summed E-state index contributed by atoms with van der Waals surface area (Å²) in [6.45, 7) is 0.0520. The first-order chi connectivity index (χ1) is 16.7. The number of aromatic nitrogens is 1. The van der Waals surface area contributed by atoms with Gasteiger partial charge in [0, 0.05) is 23.1 Å². The van der Waals surface area contributed by atoms with Gasteiger partial charge in [0.15, 0.2) is 0 Å². The minimum Gasteiger partial charge on any atom is -0.419 e. The van der Waals surface area contributed by atoms with Gasteiger partial charge in [-0.05, 0) is 48.6 Å². The fourth-order valence-electron chi connectivity index (χ4n) is 4.87. The second-order valence-corrected chi connectivity index (χ2v) is 8.95. The minimum atomic E-state index is -0.475. The number of esters is 1. The maximum Gasteiger partial charge on any atom is 0.409 e. The van der Waals surface area contributed by atoms with Crippen LogP contribution in [-0.2, 0) is 6.54 Å². The van der Waals surface area contributed by atoms with E-state index in [4.69, 9.17) is 4.74 Å². The van der Waals surface area contributed by atoms with Gasteiger partial charge in [-0.25, -0.2) is 4.79 Å². The Morgan fingerprint density at radius 1 is 0.765 bits per heavy atom. The van der Waals surface area contributed by atoms with E-state index in [9.17, 15) is 9.59 Å². The van der Waals surface area contributed by atoms with Crippen LogP contribution in [0.4, 0.5) is 0 Å². The first-order valence-corrected chi connectivity index (χ1v) is 12.0. The van der Waals surface area contributed by atoms with Crippen LogP contribution >= 0.6 is 0 Å². The third kappa shape index (κ3) is 4.76. The van der Waals surface area contributed by atoms with Crippen molar-refractivity contribution in [3.8, 4) is 5.75 Å². The smallest absolute Gasteiger partial charge is 0.409 e. The lowest BCUT2D eigenvalue weighted by molar-refractivity contribution is -0.659. The zero-order valence-electron chi connectivity index (χ0n) is 19.2. The van der Waals surface area contributed by atoms with Crippen LogP contribution in [0, 0.1) is 0 Å². The molecule has 0 radical (unpaired) electrons. The Kier molecular flexibility index (Phi) is 6.48. The lowest BCUT2D eigenvalue weighted by Gasteiger charge is -2.21. The van der Waals surface area contributed by atoms with Crippen LogP contribution < -0.4 is 9.30 Å². The van der Waals surface area contributed by atoms with Gasteiger partial charge in [0.2, 0.25) is 17.8 Å². The van der Waals surface area contributed by atoms with Crippen molar-refractivity contribution in [3.05, 3.63) is 108 Å². The van der Waals surface area contributed by atoms with E-state index >= 15 is 0 Å². The summed E-state index contributed by atoms with van der Waals surface area (Å²) < 4.78 is 7.50. The van der Waals surface area contributed by atoms with Crippen molar-refractivity contribution >= 4 is 22.7 Å². The normalized spacial score (nSPS) is 14.1. The zero-order valence-corrected chi connectivity index (χ0v) is 19.2. The number of pyridine rings is 1. The van der Waals surface area contributed by atoms with Gasteiger partial charge in [-0.15, -0.1) is 0 Å². The lowest BCUT2D eigenvalue weighted by Crippen LogP contribution is -2.45. The van der Waals surface area contributed by atoms with Gasteiger partial charge >= 0.3 is 5.97 Å². The van der Waals surface area contributed by atoms with Crippen molar-refractivity contribution < 1.29 is 18.9 Å². The lowest BCUT2D eigenvalue weighted by atomic mass is 9.84. The topological polar surface area (TPSA) is 47.2 Å². The Balaban J connectivity index is 1.41. The number of hydrogen-bond acceptors (Lipinski definition) is 3. The molecule has 4 aromatic rings. The first-order valence-electron chi connectivity index (χ1n) is 12.0. The number of nitrogens with zero attached hydrogens (tertiary/aromatic N) is 1. The van der Waals surface area contributed by atoms with Crippen LogP contribution in [0.3, 0.4) is 0 Å². The van der Waals surface area contributed by atoms with Crippen LogP contribution in [0.1, 0.15) is 64.4 Å². The second-order valence-electron chi connectivity index (χ2n) is 8.95. The van der Waals surface area contributed by atoms with E-state index in [2.05, 4.69) is 12.1 Å². The molecule has 0 atom stereocenters. The first kappa shape index (κ1) is 22.0. The number of carbonyl (C=O) groups excluding carboxylic acids is 2. The quantitative estimate of drug-likeness (QED) is 0.150. The van der Waals surface area contributed by atoms with Gasteiger partial charge in [-0.2, -0.15) is 4.57 Å². The number of ketones is 1. The highest BCUT2D eigenvalue weighted by Gasteiger charge is 2.27. The predicted molar refractivity (Wildman–Crippen MR) is 132 cm³/mol. The molecule has 1 aromatic heterocycles. The summed E-state index contributed by atoms with van der Waals surface area (Å²) in [4.78, 5) is 26.2.